The molecule has 3 rings (SSSR count). The Morgan fingerprint density at radius 1 is 1.09 bits per heavy atom. The number of rotatable bonds is 3. The van der Waals surface area contributed by atoms with Gasteiger partial charge in [-0.15, -0.1) is 10.2 Å². The maximum absolute atomic E-state index is 12.9. The van der Waals surface area contributed by atoms with Crippen LogP contribution < -0.4 is 4.90 Å². The molecular weight excluding hydrogens is 381 g/mol. The van der Waals surface area contributed by atoms with Crippen molar-refractivity contribution in [3.05, 3.63) is 64.4 Å². The molecule has 0 spiro atoms. The molecule has 2 aromatic carbocycles. The van der Waals surface area contributed by atoms with Gasteiger partial charge >= 0.3 is 0 Å². The quantitative estimate of drug-likeness (QED) is 0.665. The molecule has 1 amide bonds. The fraction of sp³-hybridized carbons (Fsp3) is 0.0625. The SMILES string of the molecule is CN(C(=O)c1ccc(F)cc1)c1nnc(-c2ccc(Br)cc2)s1. The van der Waals surface area contributed by atoms with Crippen LogP contribution in [0.5, 0.6) is 0 Å². The summed E-state index contributed by atoms with van der Waals surface area (Å²) in [6.45, 7) is 0. The molecule has 0 unspecified atom stereocenters. The molecule has 0 saturated heterocycles. The lowest BCUT2D eigenvalue weighted by Crippen LogP contribution is -2.26. The van der Waals surface area contributed by atoms with Crippen molar-refractivity contribution in [3.8, 4) is 10.6 Å². The smallest absolute Gasteiger partial charge is 0.259 e. The summed E-state index contributed by atoms with van der Waals surface area (Å²) in [5.41, 5.74) is 1.33. The fourth-order valence-electron chi connectivity index (χ4n) is 1.93. The molecule has 0 fully saturated rings. The Kier molecular flexibility index (Phi) is 4.49. The molecule has 4 nitrogen and oxygen atoms in total. The molecule has 1 aromatic heterocycles. The predicted octanol–water partition coefficient (Wildman–Crippen LogP) is 4.38. The molecule has 0 atom stereocenters. The molecule has 0 radical (unpaired) electrons. The molecule has 0 aliphatic carbocycles. The first-order chi connectivity index (χ1) is 11.0. The summed E-state index contributed by atoms with van der Waals surface area (Å²) < 4.78 is 13.9. The van der Waals surface area contributed by atoms with Crippen molar-refractivity contribution in [3.63, 3.8) is 0 Å². The van der Waals surface area contributed by atoms with Gasteiger partial charge in [0.1, 0.15) is 10.8 Å². The lowest BCUT2D eigenvalue weighted by Gasteiger charge is -2.12. The minimum Gasteiger partial charge on any atom is -0.286 e. The number of aromatic nitrogens is 2. The first-order valence-electron chi connectivity index (χ1n) is 6.67. The lowest BCUT2D eigenvalue weighted by atomic mass is 10.2. The number of benzene rings is 2. The molecule has 0 aliphatic heterocycles. The number of amides is 1. The molecule has 0 N–H and O–H groups in total. The zero-order valence-electron chi connectivity index (χ0n) is 12.0. The third kappa shape index (κ3) is 3.46. The number of carbonyl (C=O) groups is 1. The van der Waals surface area contributed by atoms with E-state index in [0.717, 1.165) is 15.0 Å². The Morgan fingerprint density at radius 3 is 2.39 bits per heavy atom. The molecule has 0 aliphatic rings. The van der Waals surface area contributed by atoms with E-state index in [0.29, 0.717) is 10.7 Å². The molecule has 3 aromatic rings. The van der Waals surface area contributed by atoms with Crippen molar-refractivity contribution in [1.29, 1.82) is 0 Å². The Balaban J connectivity index is 1.83. The van der Waals surface area contributed by atoms with Crippen LogP contribution in [0.3, 0.4) is 0 Å². The largest absolute Gasteiger partial charge is 0.286 e. The van der Waals surface area contributed by atoms with Gasteiger partial charge in [0.2, 0.25) is 5.13 Å². The second-order valence-corrected chi connectivity index (χ2v) is 6.64. The Labute approximate surface area is 144 Å². The number of hydrogen-bond donors (Lipinski definition) is 0. The highest BCUT2D eigenvalue weighted by atomic mass is 79.9. The summed E-state index contributed by atoms with van der Waals surface area (Å²) in [7, 11) is 1.62. The number of hydrogen-bond acceptors (Lipinski definition) is 4. The van der Waals surface area contributed by atoms with Gasteiger partial charge in [-0.3, -0.25) is 9.69 Å². The highest BCUT2D eigenvalue weighted by molar-refractivity contribution is 9.10. The zero-order valence-corrected chi connectivity index (χ0v) is 14.4. The molecule has 116 valence electrons. The van der Waals surface area contributed by atoms with Gasteiger partial charge in [0.25, 0.3) is 5.91 Å². The third-order valence-electron chi connectivity index (χ3n) is 3.19. The van der Waals surface area contributed by atoms with Crippen LogP contribution in [0.25, 0.3) is 10.6 Å². The highest BCUT2D eigenvalue weighted by Crippen LogP contribution is 2.29. The Hall–Kier alpha value is -2.12. The predicted molar refractivity (Wildman–Crippen MR) is 92.2 cm³/mol. The van der Waals surface area contributed by atoms with Crippen LogP contribution in [-0.2, 0) is 0 Å². The summed E-state index contributed by atoms with van der Waals surface area (Å²) >= 11 is 4.70. The summed E-state index contributed by atoms with van der Waals surface area (Å²) in [5.74, 6) is -0.638. The molecule has 0 bridgehead atoms. The van der Waals surface area contributed by atoms with E-state index in [-0.39, 0.29) is 11.7 Å². The van der Waals surface area contributed by atoms with E-state index in [2.05, 4.69) is 26.1 Å². The van der Waals surface area contributed by atoms with E-state index in [1.165, 1.54) is 40.5 Å². The van der Waals surface area contributed by atoms with Gasteiger partial charge in [-0.1, -0.05) is 39.4 Å². The van der Waals surface area contributed by atoms with Crippen LogP contribution >= 0.6 is 27.3 Å². The molecule has 0 saturated carbocycles. The second kappa shape index (κ2) is 6.55. The zero-order chi connectivity index (χ0) is 16.4. The molecule has 1 heterocycles. The van der Waals surface area contributed by atoms with Crippen molar-refractivity contribution < 1.29 is 9.18 Å². The first kappa shape index (κ1) is 15.8. The van der Waals surface area contributed by atoms with Gasteiger partial charge in [0.15, 0.2) is 0 Å². The second-order valence-electron chi connectivity index (χ2n) is 4.77. The van der Waals surface area contributed by atoms with Crippen molar-refractivity contribution in [2.75, 3.05) is 11.9 Å². The van der Waals surface area contributed by atoms with Crippen LogP contribution in [0.4, 0.5) is 9.52 Å². The maximum Gasteiger partial charge on any atom is 0.259 e. The van der Waals surface area contributed by atoms with E-state index < -0.39 is 0 Å². The van der Waals surface area contributed by atoms with Crippen LogP contribution in [0.15, 0.2) is 53.0 Å². The van der Waals surface area contributed by atoms with E-state index in [4.69, 9.17) is 0 Å². The number of anilines is 1. The number of carbonyl (C=O) groups excluding carboxylic acids is 1. The summed E-state index contributed by atoms with van der Waals surface area (Å²) in [5, 5.41) is 9.41. The number of nitrogens with zero attached hydrogens (tertiary/aromatic N) is 3. The highest BCUT2D eigenvalue weighted by Gasteiger charge is 2.18. The normalized spacial score (nSPS) is 10.6. The van der Waals surface area contributed by atoms with E-state index in [1.54, 1.807) is 7.05 Å². The molecule has 7 heteroatoms. The average Bonchev–Trinajstić information content (AvgIpc) is 3.05. The Bertz CT molecular complexity index is 833. The van der Waals surface area contributed by atoms with Crippen molar-refractivity contribution in [2.24, 2.45) is 0 Å². The van der Waals surface area contributed by atoms with Crippen molar-refractivity contribution in [2.45, 2.75) is 0 Å². The van der Waals surface area contributed by atoms with E-state index in [9.17, 15) is 9.18 Å². The Morgan fingerprint density at radius 2 is 1.74 bits per heavy atom. The topological polar surface area (TPSA) is 46.1 Å². The van der Waals surface area contributed by atoms with Gasteiger partial charge in [-0.25, -0.2) is 4.39 Å². The van der Waals surface area contributed by atoms with Gasteiger partial charge in [0.05, 0.1) is 0 Å². The minimum absolute atomic E-state index is 0.261. The van der Waals surface area contributed by atoms with Gasteiger partial charge < -0.3 is 0 Å². The molecular formula is C16H11BrFN3OS. The van der Waals surface area contributed by atoms with Crippen molar-refractivity contribution >= 4 is 38.3 Å². The standard InChI is InChI=1S/C16H11BrFN3OS/c1-21(15(22)11-4-8-13(18)9-5-11)16-20-19-14(23-16)10-2-6-12(17)7-3-10/h2-9H,1H3. The van der Waals surface area contributed by atoms with E-state index in [1.807, 2.05) is 24.3 Å². The van der Waals surface area contributed by atoms with Crippen LogP contribution in [0, 0.1) is 5.82 Å². The average molecular weight is 392 g/mol. The van der Waals surface area contributed by atoms with Gasteiger partial charge in [-0.2, -0.15) is 0 Å². The van der Waals surface area contributed by atoms with Crippen LogP contribution in [-0.4, -0.2) is 23.2 Å². The summed E-state index contributed by atoms with van der Waals surface area (Å²) in [6, 6.07) is 13.1. The van der Waals surface area contributed by atoms with E-state index >= 15 is 0 Å². The molecule has 23 heavy (non-hydrogen) atoms. The van der Waals surface area contributed by atoms with Crippen molar-refractivity contribution in [1.82, 2.24) is 10.2 Å². The van der Waals surface area contributed by atoms with Crippen LogP contribution in [0.1, 0.15) is 10.4 Å². The fourth-order valence-corrected chi connectivity index (χ4v) is 3.01. The van der Waals surface area contributed by atoms with Gasteiger partial charge in [-0.05, 0) is 36.4 Å². The third-order valence-corrected chi connectivity index (χ3v) is 4.77. The summed E-state index contributed by atoms with van der Waals surface area (Å²) in [6.07, 6.45) is 0. The lowest BCUT2D eigenvalue weighted by molar-refractivity contribution is 0.0993. The van der Waals surface area contributed by atoms with Gasteiger partial charge in [0, 0.05) is 22.6 Å². The summed E-state index contributed by atoms with van der Waals surface area (Å²) in [4.78, 5) is 13.8. The first-order valence-corrected chi connectivity index (χ1v) is 8.28. The monoisotopic (exact) mass is 391 g/mol. The van der Waals surface area contributed by atoms with Crippen LogP contribution in [0.2, 0.25) is 0 Å². The maximum atomic E-state index is 12.9. The number of halogens is 2. The minimum atomic E-state index is -0.377.